The van der Waals surface area contributed by atoms with E-state index in [4.69, 9.17) is 28.8 Å². The summed E-state index contributed by atoms with van der Waals surface area (Å²) in [6.45, 7) is -2.13. The molecule has 3 heterocycles. The van der Waals surface area contributed by atoms with E-state index in [1.807, 2.05) is 0 Å². The molecule has 0 saturated carbocycles. The quantitative estimate of drug-likeness (QED) is 0.165. The van der Waals surface area contributed by atoms with Crippen molar-refractivity contribution in [1.82, 2.24) is 0 Å². The summed E-state index contributed by atoms with van der Waals surface area (Å²) in [5.74, 6) is 0. The SMILES string of the molecule is OC[C@H]1O[C@H](O[C@@H]2[C@@H](O[C@H]3C(O)O[C@H](CO)[C@@H](O)[C@@H]3O)O[C@H](CO)[C@@H](O)[C@@H]2O)[C@@H](O)[C@@H]1O. The van der Waals surface area contributed by atoms with Crippen LogP contribution in [0.4, 0.5) is 0 Å². The topological polar surface area (TPSA) is 248 Å². The van der Waals surface area contributed by atoms with Crippen LogP contribution in [-0.2, 0) is 23.7 Å². The lowest BCUT2D eigenvalue weighted by Crippen LogP contribution is -2.65. The lowest BCUT2D eigenvalue weighted by Gasteiger charge is -2.46. The van der Waals surface area contributed by atoms with Crippen molar-refractivity contribution < 1.29 is 74.7 Å². The van der Waals surface area contributed by atoms with E-state index in [-0.39, 0.29) is 0 Å². The molecule has 0 aromatic carbocycles. The molecule has 3 aliphatic rings. The number of hydrogen-bond donors (Lipinski definition) is 10. The second-order valence-corrected chi connectivity index (χ2v) is 7.84. The summed E-state index contributed by atoms with van der Waals surface area (Å²) in [5.41, 5.74) is 0. The fourth-order valence-corrected chi connectivity index (χ4v) is 3.82. The maximum atomic E-state index is 10.5. The Kier molecular flexibility index (Phi) is 8.75. The standard InChI is InChI=1S/C17H30O15/c18-1-4-7(21)10(24)13(15(27)28-4)31-17-14(11(25)8(22)5(2-19)30-17)32-16-12(26)9(23)6(3-20)29-16/h4-27H,1-3H2/t4-,5-,6-,7-,8-,9-,10+,11+,12+,13-,14+,15?,16-,17-/m1/s1. The van der Waals surface area contributed by atoms with Gasteiger partial charge < -0.3 is 74.7 Å². The van der Waals surface area contributed by atoms with Crippen molar-refractivity contribution >= 4 is 0 Å². The van der Waals surface area contributed by atoms with Crippen LogP contribution < -0.4 is 0 Å². The Morgan fingerprint density at radius 3 is 1.41 bits per heavy atom. The van der Waals surface area contributed by atoms with E-state index in [2.05, 4.69) is 0 Å². The van der Waals surface area contributed by atoms with E-state index < -0.39 is 106 Å². The van der Waals surface area contributed by atoms with Crippen LogP contribution in [0.2, 0.25) is 0 Å². The van der Waals surface area contributed by atoms with Gasteiger partial charge in [-0.1, -0.05) is 0 Å². The van der Waals surface area contributed by atoms with E-state index in [9.17, 15) is 46.0 Å². The molecule has 0 spiro atoms. The number of hydrogen-bond acceptors (Lipinski definition) is 15. The molecule has 1 unspecified atom stereocenters. The zero-order valence-electron chi connectivity index (χ0n) is 16.7. The van der Waals surface area contributed by atoms with Crippen LogP contribution in [0.3, 0.4) is 0 Å². The van der Waals surface area contributed by atoms with Gasteiger partial charge in [0.15, 0.2) is 18.9 Å². The van der Waals surface area contributed by atoms with Gasteiger partial charge in [-0.25, -0.2) is 0 Å². The van der Waals surface area contributed by atoms with Gasteiger partial charge >= 0.3 is 0 Å². The smallest absolute Gasteiger partial charge is 0.187 e. The van der Waals surface area contributed by atoms with Crippen LogP contribution in [0.1, 0.15) is 0 Å². The van der Waals surface area contributed by atoms with Crippen LogP contribution >= 0.6 is 0 Å². The van der Waals surface area contributed by atoms with Crippen molar-refractivity contribution in [2.24, 2.45) is 0 Å². The maximum absolute atomic E-state index is 10.5. The first-order chi connectivity index (χ1) is 15.1. The van der Waals surface area contributed by atoms with E-state index in [0.717, 1.165) is 0 Å². The molecule has 32 heavy (non-hydrogen) atoms. The minimum atomic E-state index is -1.86. The van der Waals surface area contributed by atoms with E-state index in [1.54, 1.807) is 0 Å². The lowest BCUT2D eigenvalue weighted by atomic mass is 9.97. The Bertz CT molecular complexity index is 596. The number of ether oxygens (including phenoxy) is 5. The van der Waals surface area contributed by atoms with Crippen LogP contribution in [0.15, 0.2) is 0 Å². The molecule has 0 aromatic rings. The summed E-state index contributed by atoms with van der Waals surface area (Å²) in [6, 6.07) is 0. The molecule has 10 N–H and O–H groups in total. The Hall–Kier alpha value is -0.600. The van der Waals surface area contributed by atoms with Gasteiger partial charge in [0.1, 0.15) is 67.1 Å². The summed E-state index contributed by atoms with van der Waals surface area (Å²) in [4.78, 5) is 0. The van der Waals surface area contributed by atoms with Gasteiger partial charge in [-0.3, -0.25) is 0 Å². The highest BCUT2D eigenvalue weighted by molar-refractivity contribution is 4.95. The van der Waals surface area contributed by atoms with Crippen molar-refractivity contribution in [2.75, 3.05) is 19.8 Å². The molecule has 0 aliphatic carbocycles. The summed E-state index contributed by atoms with van der Waals surface area (Å²) in [6.07, 6.45) is -22.6. The van der Waals surface area contributed by atoms with Crippen molar-refractivity contribution in [2.45, 2.75) is 86.0 Å². The van der Waals surface area contributed by atoms with Gasteiger partial charge in [-0.2, -0.15) is 0 Å². The minimum Gasteiger partial charge on any atom is -0.394 e. The molecular weight excluding hydrogens is 444 g/mol. The van der Waals surface area contributed by atoms with Crippen molar-refractivity contribution in [3.63, 3.8) is 0 Å². The third kappa shape index (κ3) is 4.92. The van der Waals surface area contributed by atoms with Gasteiger partial charge in [0.05, 0.1) is 19.8 Å². The highest BCUT2D eigenvalue weighted by Gasteiger charge is 2.53. The summed E-state index contributed by atoms with van der Waals surface area (Å²) >= 11 is 0. The second-order valence-electron chi connectivity index (χ2n) is 7.84. The van der Waals surface area contributed by atoms with Crippen molar-refractivity contribution in [1.29, 1.82) is 0 Å². The Balaban J connectivity index is 1.79. The van der Waals surface area contributed by atoms with Crippen molar-refractivity contribution in [3.8, 4) is 0 Å². The van der Waals surface area contributed by atoms with Crippen LogP contribution in [-0.4, -0.2) is 157 Å². The third-order valence-electron chi connectivity index (χ3n) is 5.75. The monoisotopic (exact) mass is 474 g/mol. The number of aliphatic hydroxyl groups excluding tert-OH is 10. The van der Waals surface area contributed by atoms with Crippen molar-refractivity contribution in [3.05, 3.63) is 0 Å². The summed E-state index contributed by atoms with van der Waals surface area (Å²) < 4.78 is 26.5. The van der Waals surface area contributed by atoms with Gasteiger partial charge in [0.2, 0.25) is 0 Å². The first-order valence-corrected chi connectivity index (χ1v) is 10.0. The first kappa shape index (κ1) is 26.0. The highest BCUT2D eigenvalue weighted by atomic mass is 16.8. The predicted molar refractivity (Wildman–Crippen MR) is 95.2 cm³/mol. The molecule has 188 valence electrons. The predicted octanol–water partition coefficient (Wildman–Crippen LogP) is -6.93. The Morgan fingerprint density at radius 2 is 0.875 bits per heavy atom. The maximum Gasteiger partial charge on any atom is 0.187 e. The minimum absolute atomic E-state index is 0.654. The van der Waals surface area contributed by atoms with Gasteiger partial charge in [0, 0.05) is 0 Å². The zero-order valence-corrected chi connectivity index (χ0v) is 16.7. The molecule has 3 saturated heterocycles. The van der Waals surface area contributed by atoms with Crippen LogP contribution in [0.5, 0.6) is 0 Å². The molecule has 3 aliphatic heterocycles. The average Bonchev–Trinajstić information content (AvgIpc) is 3.05. The normalized spacial score (nSPS) is 52.3. The average molecular weight is 474 g/mol. The molecule has 15 heteroatoms. The molecule has 14 atom stereocenters. The molecular formula is C17H30O15. The highest BCUT2D eigenvalue weighted by Crippen LogP contribution is 2.32. The van der Waals surface area contributed by atoms with Gasteiger partial charge in [0.25, 0.3) is 0 Å². The Labute approximate surface area is 181 Å². The molecule has 0 amide bonds. The second kappa shape index (κ2) is 10.8. The number of aliphatic hydroxyl groups is 10. The molecule has 0 aromatic heterocycles. The van der Waals surface area contributed by atoms with Crippen LogP contribution in [0.25, 0.3) is 0 Å². The van der Waals surface area contributed by atoms with Gasteiger partial charge in [-0.05, 0) is 0 Å². The van der Waals surface area contributed by atoms with E-state index >= 15 is 0 Å². The van der Waals surface area contributed by atoms with Crippen LogP contribution in [0, 0.1) is 0 Å². The first-order valence-electron chi connectivity index (χ1n) is 10.0. The van der Waals surface area contributed by atoms with E-state index in [0.29, 0.717) is 0 Å². The summed E-state index contributed by atoms with van der Waals surface area (Å²) in [7, 11) is 0. The molecule has 3 fully saturated rings. The largest absolute Gasteiger partial charge is 0.394 e. The number of rotatable bonds is 7. The fraction of sp³-hybridized carbons (Fsp3) is 1.00. The van der Waals surface area contributed by atoms with Gasteiger partial charge in [-0.15, -0.1) is 0 Å². The molecule has 0 bridgehead atoms. The molecule has 0 radical (unpaired) electrons. The Morgan fingerprint density at radius 1 is 0.469 bits per heavy atom. The molecule has 15 nitrogen and oxygen atoms in total. The third-order valence-corrected chi connectivity index (χ3v) is 5.75. The molecule has 3 rings (SSSR count). The van der Waals surface area contributed by atoms with E-state index in [1.165, 1.54) is 0 Å². The fourth-order valence-electron chi connectivity index (χ4n) is 3.82. The summed E-state index contributed by atoms with van der Waals surface area (Å²) in [5, 5.41) is 98.9. The zero-order chi connectivity index (χ0) is 23.7. The lowest BCUT2D eigenvalue weighted by molar-refractivity contribution is -0.377.